The lowest BCUT2D eigenvalue weighted by atomic mass is 10.3. The normalized spacial score (nSPS) is 27.8. The van der Waals surface area contributed by atoms with E-state index >= 15 is 0 Å². The Labute approximate surface area is 122 Å². The molecule has 0 radical (unpaired) electrons. The third kappa shape index (κ3) is 3.86. The first-order valence-electron chi connectivity index (χ1n) is 7.32. The van der Waals surface area contributed by atoms with E-state index in [1.165, 1.54) is 12.8 Å². The maximum atomic E-state index is 12.5. The third-order valence-corrected chi connectivity index (χ3v) is 7.50. The fraction of sp³-hybridized carbons (Fsp3) is 1.00. The molecule has 0 aliphatic carbocycles. The van der Waals surface area contributed by atoms with Gasteiger partial charge in [0.05, 0.1) is 5.25 Å². The summed E-state index contributed by atoms with van der Waals surface area (Å²) in [5, 5.41) is -0.309. The molecule has 0 amide bonds. The molecule has 0 spiro atoms. The average molecular weight is 306 g/mol. The maximum Gasteiger partial charge on any atom is 0.216 e. The van der Waals surface area contributed by atoms with Gasteiger partial charge in [0, 0.05) is 24.9 Å². The van der Waals surface area contributed by atoms with Gasteiger partial charge in [-0.2, -0.15) is 16.1 Å². The first-order valence-corrected chi connectivity index (χ1v) is 9.98. The second-order valence-electron chi connectivity index (χ2n) is 5.79. The number of sulfonamides is 1. The van der Waals surface area contributed by atoms with Crippen molar-refractivity contribution in [2.45, 2.75) is 44.4 Å². The number of hydrogen-bond donors (Lipinski definition) is 0. The van der Waals surface area contributed by atoms with E-state index in [1.54, 1.807) is 18.2 Å². The fourth-order valence-electron chi connectivity index (χ4n) is 2.82. The number of hydrogen-bond acceptors (Lipinski definition) is 4. The lowest BCUT2D eigenvalue weighted by molar-refractivity contribution is 0.242. The Balaban J connectivity index is 2.10. The van der Waals surface area contributed by atoms with E-state index in [2.05, 4.69) is 4.90 Å². The molecule has 4 nitrogen and oxygen atoms in total. The molecule has 0 aromatic heterocycles. The highest BCUT2D eigenvalue weighted by atomic mass is 32.2. The van der Waals surface area contributed by atoms with Crippen LogP contribution < -0.4 is 0 Å². The lowest BCUT2D eigenvalue weighted by Crippen LogP contribution is -2.49. The average Bonchev–Trinajstić information content (AvgIpc) is 2.73. The van der Waals surface area contributed by atoms with Gasteiger partial charge < -0.3 is 4.90 Å². The molecule has 2 aliphatic rings. The first-order chi connectivity index (χ1) is 9.01. The van der Waals surface area contributed by atoms with Gasteiger partial charge in [-0.3, -0.25) is 0 Å². The zero-order valence-corrected chi connectivity index (χ0v) is 13.7. The summed E-state index contributed by atoms with van der Waals surface area (Å²) in [4.78, 5) is 2.43. The van der Waals surface area contributed by atoms with Gasteiger partial charge in [-0.1, -0.05) is 0 Å². The molecule has 0 aromatic carbocycles. The van der Waals surface area contributed by atoms with Gasteiger partial charge in [-0.05, 0) is 52.0 Å². The van der Waals surface area contributed by atoms with Gasteiger partial charge in [0.15, 0.2) is 0 Å². The van der Waals surface area contributed by atoms with Crippen LogP contribution in [0.2, 0.25) is 0 Å². The van der Waals surface area contributed by atoms with Crippen LogP contribution in [0.4, 0.5) is 0 Å². The van der Waals surface area contributed by atoms with Crippen LogP contribution in [0, 0.1) is 0 Å². The van der Waals surface area contributed by atoms with Crippen LogP contribution >= 0.6 is 11.8 Å². The molecule has 2 fully saturated rings. The van der Waals surface area contributed by atoms with Crippen molar-refractivity contribution in [3.05, 3.63) is 0 Å². The molecule has 6 heteroatoms. The Bertz CT molecular complexity index is 378. The number of nitrogens with zero attached hydrogens (tertiary/aromatic N) is 2. The highest BCUT2D eigenvalue weighted by Gasteiger charge is 2.34. The van der Waals surface area contributed by atoms with Crippen molar-refractivity contribution >= 4 is 21.8 Å². The molecular weight excluding hydrogens is 280 g/mol. The summed E-state index contributed by atoms with van der Waals surface area (Å²) in [6, 6.07) is 0.165. The topological polar surface area (TPSA) is 40.6 Å². The molecule has 0 aromatic rings. The molecule has 1 atom stereocenters. The molecule has 0 bridgehead atoms. The van der Waals surface area contributed by atoms with Gasteiger partial charge in [-0.25, -0.2) is 8.42 Å². The highest BCUT2D eigenvalue weighted by molar-refractivity contribution is 7.99. The molecule has 1 unspecified atom stereocenters. The van der Waals surface area contributed by atoms with E-state index in [0.717, 1.165) is 37.6 Å². The second-order valence-corrected chi connectivity index (χ2v) is 9.39. The standard InChI is InChI=1S/C13H26N2O2S2/c1-12(2)19(16,17)15-8-5-9-18-11-13(15)10-14-6-3-4-7-14/h12-13H,3-11H2,1-2H3. The monoisotopic (exact) mass is 306 g/mol. The van der Waals surface area contributed by atoms with E-state index in [9.17, 15) is 8.42 Å². The summed E-state index contributed by atoms with van der Waals surface area (Å²) in [6.45, 7) is 7.47. The summed E-state index contributed by atoms with van der Waals surface area (Å²) in [5.74, 6) is 2.03. The smallest absolute Gasteiger partial charge is 0.216 e. The van der Waals surface area contributed by atoms with E-state index in [1.807, 2.05) is 11.8 Å². The summed E-state index contributed by atoms with van der Waals surface area (Å²) >= 11 is 1.91. The summed E-state index contributed by atoms with van der Waals surface area (Å²) in [7, 11) is -3.12. The molecule has 2 aliphatic heterocycles. The zero-order chi connectivity index (χ0) is 13.9. The van der Waals surface area contributed by atoms with Gasteiger partial charge in [0.2, 0.25) is 10.0 Å². The fourth-order valence-corrected chi connectivity index (χ4v) is 5.45. The second kappa shape index (κ2) is 6.78. The maximum absolute atomic E-state index is 12.5. The molecule has 2 saturated heterocycles. The third-order valence-electron chi connectivity index (χ3n) is 3.97. The van der Waals surface area contributed by atoms with Crippen LogP contribution in [0.1, 0.15) is 33.1 Å². The van der Waals surface area contributed by atoms with Crippen LogP contribution in [0.5, 0.6) is 0 Å². The van der Waals surface area contributed by atoms with E-state index in [4.69, 9.17) is 0 Å². The number of likely N-dealkylation sites (tertiary alicyclic amines) is 1. The van der Waals surface area contributed by atoms with Crippen LogP contribution in [0.15, 0.2) is 0 Å². The Morgan fingerprint density at radius 2 is 1.84 bits per heavy atom. The molecule has 0 saturated carbocycles. The van der Waals surface area contributed by atoms with Crippen LogP contribution in [0.25, 0.3) is 0 Å². The minimum atomic E-state index is -3.12. The molecular formula is C13H26N2O2S2. The predicted octanol–water partition coefficient (Wildman–Crippen LogP) is 1.63. The summed E-state index contributed by atoms with van der Waals surface area (Å²) in [6.07, 6.45) is 3.50. The molecule has 19 heavy (non-hydrogen) atoms. The molecule has 2 heterocycles. The number of rotatable bonds is 4. The van der Waals surface area contributed by atoms with Crippen molar-refractivity contribution in [1.82, 2.24) is 9.21 Å². The van der Waals surface area contributed by atoms with E-state index in [-0.39, 0.29) is 11.3 Å². The van der Waals surface area contributed by atoms with E-state index < -0.39 is 10.0 Å². The van der Waals surface area contributed by atoms with Crippen molar-refractivity contribution in [3.8, 4) is 0 Å². The largest absolute Gasteiger partial charge is 0.302 e. The Kier molecular flexibility index (Phi) is 5.57. The van der Waals surface area contributed by atoms with Gasteiger partial charge in [0.25, 0.3) is 0 Å². The Hall–Kier alpha value is 0.220. The quantitative estimate of drug-likeness (QED) is 0.791. The SMILES string of the molecule is CC(C)S(=O)(=O)N1CCCSCC1CN1CCCC1. The van der Waals surface area contributed by atoms with Crippen LogP contribution in [0.3, 0.4) is 0 Å². The Morgan fingerprint density at radius 1 is 1.16 bits per heavy atom. The first kappa shape index (κ1) is 15.6. The molecule has 0 N–H and O–H groups in total. The number of thioether (sulfide) groups is 1. The van der Waals surface area contributed by atoms with Crippen molar-refractivity contribution in [2.24, 2.45) is 0 Å². The highest BCUT2D eigenvalue weighted by Crippen LogP contribution is 2.23. The van der Waals surface area contributed by atoms with Crippen LogP contribution in [-0.2, 0) is 10.0 Å². The lowest BCUT2D eigenvalue weighted by Gasteiger charge is -2.33. The van der Waals surface area contributed by atoms with Gasteiger partial charge >= 0.3 is 0 Å². The van der Waals surface area contributed by atoms with Gasteiger partial charge in [0.1, 0.15) is 0 Å². The summed E-state index contributed by atoms with van der Waals surface area (Å²) in [5.41, 5.74) is 0. The molecule has 2 rings (SSSR count). The Morgan fingerprint density at radius 3 is 2.47 bits per heavy atom. The molecule has 112 valence electrons. The van der Waals surface area contributed by atoms with Crippen LogP contribution in [-0.4, -0.2) is 66.6 Å². The van der Waals surface area contributed by atoms with E-state index in [0.29, 0.717) is 6.54 Å². The zero-order valence-electron chi connectivity index (χ0n) is 12.0. The summed E-state index contributed by atoms with van der Waals surface area (Å²) < 4.78 is 26.8. The minimum Gasteiger partial charge on any atom is -0.302 e. The minimum absolute atomic E-state index is 0.165. The van der Waals surface area contributed by atoms with Gasteiger partial charge in [-0.15, -0.1) is 0 Å². The van der Waals surface area contributed by atoms with Crippen molar-refractivity contribution in [3.63, 3.8) is 0 Å². The van der Waals surface area contributed by atoms with Crippen molar-refractivity contribution < 1.29 is 8.42 Å². The van der Waals surface area contributed by atoms with Crippen molar-refractivity contribution in [2.75, 3.05) is 37.7 Å². The predicted molar refractivity (Wildman–Crippen MR) is 82.2 cm³/mol. The van der Waals surface area contributed by atoms with Crippen molar-refractivity contribution in [1.29, 1.82) is 0 Å².